The number of amides is 1. The normalized spacial score (nSPS) is 12.9. The Bertz CT molecular complexity index is 338. The van der Waals surface area contributed by atoms with Gasteiger partial charge in [0.05, 0.1) is 9.21 Å². The number of halogens is 2. The average Bonchev–Trinajstić information content (AvgIpc) is 2.60. The lowest BCUT2D eigenvalue weighted by atomic mass is 10.1. The summed E-state index contributed by atoms with van der Waals surface area (Å²) in [5, 5.41) is 2.88. The van der Waals surface area contributed by atoms with E-state index in [2.05, 4.69) is 5.32 Å². The molecular weight excluding hydrogens is 253 g/mol. The van der Waals surface area contributed by atoms with E-state index in [-0.39, 0.29) is 11.9 Å². The standard InChI is InChI=1S/C10H13Cl2NOS/c1-6(2)7(5-11)13-10(14)8-3-4-9(12)15-8/h3-4,6-7H,5H2,1-2H3,(H,13,14). The minimum absolute atomic E-state index is 0.0000391. The van der Waals surface area contributed by atoms with Gasteiger partial charge < -0.3 is 5.32 Å². The first kappa shape index (κ1) is 12.8. The molecule has 15 heavy (non-hydrogen) atoms. The van der Waals surface area contributed by atoms with Gasteiger partial charge >= 0.3 is 0 Å². The summed E-state index contributed by atoms with van der Waals surface area (Å²) in [6, 6.07) is 3.43. The van der Waals surface area contributed by atoms with Gasteiger partial charge in [-0.15, -0.1) is 22.9 Å². The van der Waals surface area contributed by atoms with Crippen LogP contribution in [0.25, 0.3) is 0 Å². The van der Waals surface area contributed by atoms with Gasteiger partial charge in [0.2, 0.25) is 0 Å². The molecule has 0 bridgehead atoms. The first-order chi connectivity index (χ1) is 7.04. The van der Waals surface area contributed by atoms with Crippen LogP contribution in [-0.4, -0.2) is 17.8 Å². The maximum Gasteiger partial charge on any atom is 0.261 e. The number of carbonyl (C=O) groups excluding carboxylic acids is 1. The second kappa shape index (κ2) is 5.73. The molecule has 0 spiro atoms. The van der Waals surface area contributed by atoms with Crippen LogP contribution >= 0.6 is 34.5 Å². The van der Waals surface area contributed by atoms with Gasteiger partial charge in [-0.05, 0) is 18.1 Å². The summed E-state index contributed by atoms with van der Waals surface area (Å²) in [5.41, 5.74) is 0. The van der Waals surface area contributed by atoms with Crippen LogP contribution < -0.4 is 5.32 Å². The van der Waals surface area contributed by atoms with Gasteiger partial charge in [0.1, 0.15) is 0 Å². The monoisotopic (exact) mass is 265 g/mol. The van der Waals surface area contributed by atoms with E-state index in [1.165, 1.54) is 11.3 Å². The number of hydrogen-bond donors (Lipinski definition) is 1. The Morgan fingerprint density at radius 2 is 2.20 bits per heavy atom. The zero-order valence-corrected chi connectivity index (χ0v) is 10.9. The van der Waals surface area contributed by atoms with E-state index in [0.717, 1.165) is 0 Å². The predicted molar refractivity (Wildman–Crippen MR) is 66.1 cm³/mol. The molecule has 0 aliphatic heterocycles. The third kappa shape index (κ3) is 3.67. The maximum atomic E-state index is 11.7. The first-order valence-corrected chi connectivity index (χ1v) is 6.39. The molecule has 0 saturated heterocycles. The summed E-state index contributed by atoms with van der Waals surface area (Å²) in [6.45, 7) is 4.05. The average molecular weight is 266 g/mol. The molecule has 0 radical (unpaired) electrons. The lowest BCUT2D eigenvalue weighted by Crippen LogP contribution is -2.39. The first-order valence-electron chi connectivity index (χ1n) is 4.66. The van der Waals surface area contributed by atoms with E-state index in [1.807, 2.05) is 13.8 Å². The SMILES string of the molecule is CC(C)C(CCl)NC(=O)c1ccc(Cl)s1. The smallest absolute Gasteiger partial charge is 0.261 e. The Labute approximate surface area is 104 Å². The van der Waals surface area contributed by atoms with E-state index >= 15 is 0 Å². The summed E-state index contributed by atoms with van der Waals surface area (Å²) < 4.78 is 0.618. The fraction of sp³-hybridized carbons (Fsp3) is 0.500. The highest BCUT2D eigenvalue weighted by Crippen LogP contribution is 2.21. The molecule has 1 amide bonds. The summed E-state index contributed by atoms with van der Waals surface area (Å²) in [5.74, 6) is 0.635. The Morgan fingerprint density at radius 1 is 1.53 bits per heavy atom. The number of alkyl halides is 1. The highest BCUT2D eigenvalue weighted by atomic mass is 35.5. The number of carbonyl (C=O) groups is 1. The van der Waals surface area contributed by atoms with Crippen molar-refractivity contribution in [1.29, 1.82) is 0 Å². The number of nitrogens with one attached hydrogen (secondary N) is 1. The fourth-order valence-electron chi connectivity index (χ4n) is 1.06. The Morgan fingerprint density at radius 3 is 2.60 bits per heavy atom. The van der Waals surface area contributed by atoms with Crippen molar-refractivity contribution >= 4 is 40.4 Å². The van der Waals surface area contributed by atoms with Crippen LogP contribution in [0, 0.1) is 5.92 Å². The third-order valence-electron chi connectivity index (χ3n) is 2.08. The lowest BCUT2D eigenvalue weighted by molar-refractivity contribution is 0.0935. The molecule has 84 valence electrons. The molecule has 5 heteroatoms. The zero-order valence-electron chi connectivity index (χ0n) is 8.59. The van der Waals surface area contributed by atoms with Crippen molar-refractivity contribution in [2.75, 3.05) is 5.88 Å². The van der Waals surface area contributed by atoms with Crippen molar-refractivity contribution in [3.63, 3.8) is 0 Å². The van der Waals surface area contributed by atoms with Gasteiger partial charge in [0, 0.05) is 11.9 Å². The van der Waals surface area contributed by atoms with Crippen molar-refractivity contribution in [1.82, 2.24) is 5.32 Å². The highest BCUT2D eigenvalue weighted by molar-refractivity contribution is 7.17. The van der Waals surface area contributed by atoms with E-state index in [4.69, 9.17) is 23.2 Å². The molecule has 0 aliphatic rings. The summed E-state index contributed by atoms with van der Waals surface area (Å²) in [7, 11) is 0. The zero-order chi connectivity index (χ0) is 11.4. The topological polar surface area (TPSA) is 29.1 Å². The Kier molecular flexibility index (Phi) is 4.90. The maximum absolute atomic E-state index is 11.7. The molecule has 1 heterocycles. The molecule has 1 rings (SSSR count). The van der Waals surface area contributed by atoms with Gasteiger partial charge in [-0.3, -0.25) is 4.79 Å². The predicted octanol–water partition coefficient (Wildman–Crippen LogP) is 3.39. The minimum atomic E-state index is -0.105. The van der Waals surface area contributed by atoms with Gasteiger partial charge in [-0.1, -0.05) is 25.4 Å². The number of hydrogen-bond acceptors (Lipinski definition) is 2. The summed E-state index contributed by atoms with van der Waals surface area (Å²) in [6.07, 6.45) is 0. The van der Waals surface area contributed by atoms with E-state index < -0.39 is 0 Å². The van der Waals surface area contributed by atoms with Gasteiger partial charge in [0.15, 0.2) is 0 Å². The molecule has 2 nitrogen and oxygen atoms in total. The largest absolute Gasteiger partial charge is 0.347 e. The molecule has 1 unspecified atom stereocenters. The van der Waals surface area contributed by atoms with Crippen LogP contribution in [0.5, 0.6) is 0 Å². The molecule has 0 aromatic carbocycles. The second-order valence-electron chi connectivity index (χ2n) is 3.58. The van der Waals surface area contributed by atoms with E-state index in [9.17, 15) is 4.79 Å². The summed E-state index contributed by atoms with van der Waals surface area (Å²) in [4.78, 5) is 12.3. The van der Waals surface area contributed by atoms with Crippen LogP contribution in [0.3, 0.4) is 0 Å². The molecule has 1 atom stereocenters. The van der Waals surface area contributed by atoms with Crippen LogP contribution in [-0.2, 0) is 0 Å². The van der Waals surface area contributed by atoms with Crippen LogP contribution in [0.2, 0.25) is 4.34 Å². The van der Waals surface area contributed by atoms with Crippen LogP contribution in [0.1, 0.15) is 23.5 Å². The van der Waals surface area contributed by atoms with Crippen molar-refractivity contribution in [3.8, 4) is 0 Å². The van der Waals surface area contributed by atoms with E-state index in [0.29, 0.717) is 21.0 Å². The van der Waals surface area contributed by atoms with E-state index in [1.54, 1.807) is 12.1 Å². The molecule has 0 fully saturated rings. The lowest BCUT2D eigenvalue weighted by Gasteiger charge is -2.19. The fourth-order valence-corrected chi connectivity index (χ4v) is 2.44. The Hall–Kier alpha value is -0.250. The van der Waals surface area contributed by atoms with Gasteiger partial charge in [0.25, 0.3) is 5.91 Å². The molecule has 0 aliphatic carbocycles. The van der Waals surface area contributed by atoms with Crippen molar-refractivity contribution in [3.05, 3.63) is 21.3 Å². The third-order valence-corrected chi connectivity index (χ3v) is 3.65. The molecule has 0 saturated carbocycles. The van der Waals surface area contributed by atoms with Crippen molar-refractivity contribution in [2.24, 2.45) is 5.92 Å². The van der Waals surface area contributed by atoms with Gasteiger partial charge in [-0.2, -0.15) is 0 Å². The highest BCUT2D eigenvalue weighted by Gasteiger charge is 2.17. The summed E-state index contributed by atoms with van der Waals surface area (Å²) >= 11 is 12.8. The van der Waals surface area contributed by atoms with Crippen molar-refractivity contribution < 1.29 is 4.79 Å². The Balaban J connectivity index is 2.62. The number of thiophene rings is 1. The molecule has 1 aromatic heterocycles. The van der Waals surface area contributed by atoms with Gasteiger partial charge in [-0.25, -0.2) is 0 Å². The van der Waals surface area contributed by atoms with Crippen LogP contribution in [0.15, 0.2) is 12.1 Å². The molecular formula is C10H13Cl2NOS. The second-order valence-corrected chi connectivity index (χ2v) is 5.61. The molecule has 1 N–H and O–H groups in total. The molecule has 1 aromatic rings. The quantitative estimate of drug-likeness (QED) is 0.831. The van der Waals surface area contributed by atoms with Crippen molar-refractivity contribution in [2.45, 2.75) is 19.9 Å². The number of rotatable bonds is 4. The van der Waals surface area contributed by atoms with Crippen LogP contribution in [0.4, 0.5) is 0 Å². The minimum Gasteiger partial charge on any atom is -0.347 e.